The second-order valence-electron chi connectivity index (χ2n) is 6.35. The highest BCUT2D eigenvalue weighted by molar-refractivity contribution is 7.09. The SMILES string of the molecule is Cc1nnc(N2CCCN(Cc3cccs3)CC2)c2ccccc12. The molecule has 4 nitrogen and oxygen atoms in total. The molecule has 1 saturated heterocycles. The number of aryl methyl sites for hydroxylation is 1. The maximum absolute atomic E-state index is 4.53. The third-order valence-corrected chi connectivity index (χ3v) is 5.56. The molecular weight excluding hydrogens is 316 g/mol. The maximum Gasteiger partial charge on any atom is 0.159 e. The summed E-state index contributed by atoms with van der Waals surface area (Å²) in [6.07, 6.45) is 1.16. The molecule has 24 heavy (non-hydrogen) atoms. The Bertz CT molecular complexity index is 815. The van der Waals surface area contributed by atoms with Crippen LogP contribution in [-0.2, 0) is 6.54 Å². The van der Waals surface area contributed by atoms with E-state index in [0.29, 0.717) is 0 Å². The first-order valence-corrected chi connectivity index (χ1v) is 9.41. The second-order valence-corrected chi connectivity index (χ2v) is 7.38. The van der Waals surface area contributed by atoms with E-state index in [0.717, 1.165) is 50.7 Å². The van der Waals surface area contributed by atoms with Gasteiger partial charge in [-0.2, -0.15) is 5.10 Å². The van der Waals surface area contributed by atoms with Crippen LogP contribution in [0.5, 0.6) is 0 Å². The van der Waals surface area contributed by atoms with Gasteiger partial charge in [-0.25, -0.2) is 0 Å². The predicted molar refractivity (Wildman–Crippen MR) is 101 cm³/mol. The van der Waals surface area contributed by atoms with Gasteiger partial charge in [0.15, 0.2) is 5.82 Å². The van der Waals surface area contributed by atoms with E-state index in [1.807, 2.05) is 18.3 Å². The fraction of sp³-hybridized carbons (Fsp3) is 0.368. The number of rotatable bonds is 3. The first-order chi connectivity index (χ1) is 11.8. The summed E-state index contributed by atoms with van der Waals surface area (Å²) in [6.45, 7) is 7.36. The topological polar surface area (TPSA) is 32.3 Å². The zero-order valence-electron chi connectivity index (χ0n) is 14.0. The van der Waals surface area contributed by atoms with Gasteiger partial charge < -0.3 is 4.90 Å². The molecule has 0 amide bonds. The molecule has 4 rings (SSSR count). The van der Waals surface area contributed by atoms with Gasteiger partial charge in [-0.05, 0) is 24.8 Å². The van der Waals surface area contributed by atoms with Gasteiger partial charge in [-0.1, -0.05) is 30.3 Å². The van der Waals surface area contributed by atoms with Crippen LogP contribution in [0, 0.1) is 6.92 Å². The molecule has 0 spiro atoms. The van der Waals surface area contributed by atoms with E-state index in [9.17, 15) is 0 Å². The molecular formula is C19H22N4S. The smallest absolute Gasteiger partial charge is 0.159 e. The number of hydrogen-bond acceptors (Lipinski definition) is 5. The minimum absolute atomic E-state index is 1.00. The van der Waals surface area contributed by atoms with Crippen LogP contribution in [0.1, 0.15) is 17.0 Å². The molecule has 1 aliphatic rings. The van der Waals surface area contributed by atoms with Gasteiger partial charge in [0, 0.05) is 48.4 Å². The largest absolute Gasteiger partial charge is 0.353 e. The lowest BCUT2D eigenvalue weighted by atomic mass is 10.1. The molecule has 3 heterocycles. The summed E-state index contributed by atoms with van der Waals surface area (Å²) >= 11 is 1.85. The quantitative estimate of drug-likeness (QED) is 0.729. The lowest BCUT2D eigenvalue weighted by molar-refractivity contribution is 0.288. The molecule has 0 radical (unpaired) electrons. The van der Waals surface area contributed by atoms with E-state index in [2.05, 4.69) is 61.8 Å². The Morgan fingerprint density at radius 1 is 0.958 bits per heavy atom. The van der Waals surface area contributed by atoms with Gasteiger partial charge in [0.2, 0.25) is 0 Å². The Balaban J connectivity index is 1.54. The van der Waals surface area contributed by atoms with Crippen molar-refractivity contribution in [2.24, 2.45) is 0 Å². The van der Waals surface area contributed by atoms with Gasteiger partial charge in [-0.3, -0.25) is 4.90 Å². The number of anilines is 1. The second kappa shape index (κ2) is 6.87. The van der Waals surface area contributed by atoms with Crippen molar-refractivity contribution in [1.82, 2.24) is 15.1 Å². The minimum Gasteiger partial charge on any atom is -0.353 e. The highest BCUT2D eigenvalue weighted by Crippen LogP contribution is 2.26. The molecule has 1 aromatic carbocycles. The lowest BCUT2D eigenvalue weighted by Gasteiger charge is -2.23. The van der Waals surface area contributed by atoms with Crippen LogP contribution in [0.2, 0.25) is 0 Å². The van der Waals surface area contributed by atoms with Crippen LogP contribution in [0.3, 0.4) is 0 Å². The van der Waals surface area contributed by atoms with Crippen LogP contribution in [0.15, 0.2) is 41.8 Å². The molecule has 124 valence electrons. The average Bonchev–Trinajstić information content (AvgIpc) is 3.01. The third kappa shape index (κ3) is 3.14. The summed E-state index contributed by atoms with van der Waals surface area (Å²) in [5, 5.41) is 13.5. The van der Waals surface area contributed by atoms with Crippen molar-refractivity contribution in [2.75, 3.05) is 31.1 Å². The van der Waals surface area contributed by atoms with Crippen LogP contribution < -0.4 is 4.90 Å². The summed E-state index contributed by atoms with van der Waals surface area (Å²) in [5.41, 5.74) is 1.00. The molecule has 0 unspecified atom stereocenters. The molecule has 0 aliphatic carbocycles. The predicted octanol–water partition coefficient (Wildman–Crippen LogP) is 3.71. The molecule has 3 aromatic rings. The molecule has 1 aliphatic heterocycles. The number of hydrogen-bond donors (Lipinski definition) is 0. The number of aromatic nitrogens is 2. The summed E-state index contributed by atoms with van der Waals surface area (Å²) in [6, 6.07) is 12.8. The van der Waals surface area contributed by atoms with Crippen molar-refractivity contribution in [2.45, 2.75) is 19.9 Å². The Morgan fingerprint density at radius 2 is 1.83 bits per heavy atom. The van der Waals surface area contributed by atoms with E-state index in [-0.39, 0.29) is 0 Å². The summed E-state index contributed by atoms with van der Waals surface area (Å²) < 4.78 is 0. The van der Waals surface area contributed by atoms with Crippen LogP contribution >= 0.6 is 11.3 Å². The van der Waals surface area contributed by atoms with E-state index >= 15 is 0 Å². The molecule has 0 saturated carbocycles. The summed E-state index contributed by atoms with van der Waals surface area (Å²) in [5.74, 6) is 1.04. The van der Waals surface area contributed by atoms with Crippen molar-refractivity contribution in [3.63, 3.8) is 0 Å². The first-order valence-electron chi connectivity index (χ1n) is 8.53. The van der Waals surface area contributed by atoms with Gasteiger partial charge in [-0.15, -0.1) is 16.4 Å². The van der Waals surface area contributed by atoms with E-state index in [1.165, 1.54) is 15.6 Å². The molecule has 2 aromatic heterocycles. The summed E-state index contributed by atoms with van der Waals surface area (Å²) in [4.78, 5) is 6.41. The lowest BCUT2D eigenvalue weighted by Crippen LogP contribution is -2.31. The minimum atomic E-state index is 1.00. The number of benzene rings is 1. The van der Waals surface area contributed by atoms with Crippen molar-refractivity contribution in [3.8, 4) is 0 Å². The number of thiophene rings is 1. The van der Waals surface area contributed by atoms with Crippen molar-refractivity contribution in [3.05, 3.63) is 52.3 Å². The fourth-order valence-electron chi connectivity index (χ4n) is 3.42. The zero-order chi connectivity index (χ0) is 16.4. The third-order valence-electron chi connectivity index (χ3n) is 4.70. The van der Waals surface area contributed by atoms with Crippen molar-refractivity contribution >= 4 is 27.9 Å². The molecule has 0 atom stereocenters. The Kier molecular flexibility index (Phi) is 4.45. The Labute approximate surface area is 146 Å². The van der Waals surface area contributed by atoms with Crippen LogP contribution in [0.4, 0.5) is 5.82 Å². The number of nitrogens with zero attached hydrogens (tertiary/aromatic N) is 4. The zero-order valence-corrected chi connectivity index (χ0v) is 14.8. The van der Waals surface area contributed by atoms with Crippen molar-refractivity contribution < 1.29 is 0 Å². The van der Waals surface area contributed by atoms with Gasteiger partial charge in [0.1, 0.15) is 0 Å². The fourth-order valence-corrected chi connectivity index (χ4v) is 4.17. The van der Waals surface area contributed by atoms with E-state index in [4.69, 9.17) is 0 Å². The van der Waals surface area contributed by atoms with E-state index in [1.54, 1.807) is 0 Å². The van der Waals surface area contributed by atoms with Crippen molar-refractivity contribution in [1.29, 1.82) is 0 Å². The highest BCUT2D eigenvalue weighted by Gasteiger charge is 2.19. The highest BCUT2D eigenvalue weighted by atomic mass is 32.1. The molecule has 1 fully saturated rings. The standard InChI is InChI=1S/C19H22N4S/c1-15-17-7-2-3-8-18(17)19(21-20-15)23-10-5-9-22(11-12-23)14-16-6-4-13-24-16/h2-4,6-8,13H,5,9-12,14H2,1H3. The number of fused-ring (bicyclic) bond motifs is 1. The maximum atomic E-state index is 4.53. The van der Waals surface area contributed by atoms with Crippen LogP contribution in [-0.4, -0.2) is 41.3 Å². The molecule has 0 N–H and O–H groups in total. The van der Waals surface area contributed by atoms with Gasteiger partial charge in [0.25, 0.3) is 0 Å². The average molecular weight is 338 g/mol. The normalized spacial score (nSPS) is 16.5. The Hall–Kier alpha value is -1.98. The monoisotopic (exact) mass is 338 g/mol. The van der Waals surface area contributed by atoms with Gasteiger partial charge >= 0.3 is 0 Å². The molecule has 0 bridgehead atoms. The Morgan fingerprint density at radius 3 is 2.67 bits per heavy atom. The summed E-state index contributed by atoms with van der Waals surface area (Å²) in [7, 11) is 0. The molecule has 5 heteroatoms. The van der Waals surface area contributed by atoms with Crippen LogP contribution in [0.25, 0.3) is 10.8 Å². The first kappa shape index (κ1) is 15.5. The van der Waals surface area contributed by atoms with E-state index < -0.39 is 0 Å². The van der Waals surface area contributed by atoms with Gasteiger partial charge in [0.05, 0.1) is 5.69 Å².